The topological polar surface area (TPSA) is 69.4 Å². The van der Waals surface area contributed by atoms with Crippen molar-refractivity contribution in [1.82, 2.24) is 0 Å². The van der Waals surface area contributed by atoms with Gasteiger partial charge in [-0.15, -0.1) is 11.3 Å². The Labute approximate surface area is 130 Å². The summed E-state index contributed by atoms with van der Waals surface area (Å²) in [6.45, 7) is 0.316. The van der Waals surface area contributed by atoms with Crippen molar-refractivity contribution in [3.05, 3.63) is 45.1 Å². The molecule has 0 saturated carbocycles. The van der Waals surface area contributed by atoms with Crippen LogP contribution in [-0.4, -0.2) is 21.2 Å². The first-order valence-corrected chi connectivity index (χ1v) is 9.32. The summed E-state index contributed by atoms with van der Waals surface area (Å²) < 4.78 is 29.9. The number of hydrogen-bond acceptors (Lipinski definition) is 5. The van der Waals surface area contributed by atoms with Gasteiger partial charge in [0, 0.05) is 17.7 Å². The van der Waals surface area contributed by atoms with Crippen molar-refractivity contribution in [3.8, 4) is 5.75 Å². The molecule has 0 amide bonds. The molecule has 0 fully saturated rings. The molecule has 0 spiro atoms. The third-order valence-corrected chi connectivity index (χ3v) is 5.46. The molecule has 20 heavy (non-hydrogen) atoms. The van der Waals surface area contributed by atoms with Gasteiger partial charge >= 0.3 is 0 Å². The van der Waals surface area contributed by atoms with E-state index in [0.717, 1.165) is 8.66 Å². The molecule has 1 aromatic heterocycles. The number of thiophene rings is 1. The van der Waals surface area contributed by atoms with Crippen molar-refractivity contribution < 1.29 is 13.2 Å². The first kappa shape index (κ1) is 15.5. The molecule has 108 valence electrons. The van der Waals surface area contributed by atoms with Crippen LogP contribution in [0.15, 0.2) is 45.1 Å². The maximum absolute atomic E-state index is 11.5. The molecule has 0 radical (unpaired) electrons. The lowest BCUT2D eigenvalue weighted by Gasteiger charge is -2.16. The molecule has 1 aromatic carbocycles. The summed E-state index contributed by atoms with van der Waals surface area (Å²) in [5.41, 5.74) is 5.73. The first-order valence-electron chi connectivity index (χ1n) is 5.82. The lowest BCUT2D eigenvalue weighted by molar-refractivity contribution is 0.217. The van der Waals surface area contributed by atoms with Gasteiger partial charge in [0.1, 0.15) is 11.9 Å². The predicted octanol–water partition coefficient (Wildman–Crippen LogP) is 2.99. The fraction of sp³-hybridized carbons (Fsp3) is 0.231. The summed E-state index contributed by atoms with van der Waals surface area (Å²) in [6.07, 6.45) is 0.879. The molecule has 0 aliphatic rings. The zero-order valence-electron chi connectivity index (χ0n) is 10.7. The molecule has 2 aromatic rings. The monoisotopic (exact) mass is 375 g/mol. The van der Waals surface area contributed by atoms with Crippen molar-refractivity contribution in [2.45, 2.75) is 11.0 Å². The van der Waals surface area contributed by atoms with Crippen LogP contribution in [0.3, 0.4) is 0 Å². The Morgan fingerprint density at radius 3 is 2.65 bits per heavy atom. The van der Waals surface area contributed by atoms with Gasteiger partial charge in [-0.2, -0.15) is 0 Å². The first-order chi connectivity index (χ1) is 9.40. The van der Waals surface area contributed by atoms with Gasteiger partial charge < -0.3 is 10.5 Å². The Hall–Kier alpha value is -0.890. The lowest BCUT2D eigenvalue weighted by Crippen LogP contribution is -2.17. The highest BCUT2D eigenvalue weighted by Gasteiger charge is 2.15. The summed E-state index contributed by atoms with van der Waals surface area (Å²) in [5, 5.41) is 0. The largest absolute Gasteiger partial charge is 0.484 e. The third kappa shape index (κ3) is 3.82. The summed E-state index contributed by atoms with van der Waals surface area (Å²) in [7, 11) is -3.24. The van der Waals surface area contributed by atoms with E-state index < -0.39 is 9.84 Å². The number of ether oxygens (including phenoxy) is 1. The second-order valence-electron chi connectivity index (χ2n) is 4.23. The molecule has 0 saturated heterocycles. The molecule has 0 aliphatic heterocycles. The van der Waals surface area contributed by atoms with E-state index in [1.54, 1.807) is 29.5 Å². The zero-order chi connectivity index (χ0) is 14.8. The van der Waals surface area contributed by atoms with Crippen LogP contribution in [0, 0.1) is 0 Å². The average molecular weight is 376 g/mol. The summed E-state index contributed by atoms with van der Waals surface area (Å²) in [4.78, 5) is 1.22. The third-order valence-electron chi connectivity index (χ3n) is 2.64. The number of benzene rings is 1. The van der Waals surface area contributed by atoms with Crippen molar-refractivity contribution in [2.24, 2.45) is 5.73 Å². The molecule has 0 bridgehead atoms. The summed E-state index contributed by atoms with van der Waals surface area (Å²) in [6, 6.07) is 10.3. The Morgan fingerprint density at radius 2 is 2.10 bits per heavy atom. The molecular formula is C13H14BrNO3S2. The summed E-state index contributed by atoms with van der Waals surface area (Å²) >= 11 is 4.94. The van der Waals surface area contributed by atoms with Crippen molar-refractivity contribution in [3.63, 3.8) is 0 Å². The van der Waals surface area contributed by atoms with E-state index in [1.165, 1.54) is 12.3 Å². The number of sulfone groups is 1. The normalized spacial score (nSPS) is 13.2. The second kappa shape index (κ2) is 6.26. The van der Waals surface area contributed by atoms with Crippen LogP contribution >= 0.6 is 27.3 Å². The lowest BCUT2D eigenvalue weighted by atomic mass is 10.3. The highest BCUT2D eigenvalue weighted by Crippen LogP contribution is 2.30. The van der Waals surface area contributed by atoms with Gasteiger partial charge in [0.05, 0.1) is 8.68 Å². The predicted molar refractivity (Wildman–Crippen MR) is 84.0 cm³/mol. The van der Waals surface area contributed by atoms with Gasteiger partial charge in [0.2, 0.25) is 0 Å². The van der Waals surface area contributed by atoms with E-state index in [2.05, 4.69) is 15.9 Å². The SMILES string of the molecule is CS(=O)(=O)c1cccc(OC(CN)c2ccc(Br)s2)c1. The van der Waals surface area contributed by atoms with Crippen LogP contribution in [-0.2, 0) is 9.84 Å². The maximum atomic E-state index is 11.5. The van der Waals surface area contributed by atoms with Crippen molar-refractivity contribution >= 4 is 37.1 Å². The van der Waals surface area contributed by atoms with Crippen LogP contribution in [0.1, 0.15) is 11.0 Å². The van der Waals surface area contributed by atoms with E-state index in [1.807, 2.05) is 12.1 Å². The van der Waals surface area contributed by atoms with Gasteiger partial charge in [-0.05, 0) is 46.3 Å². The van der Waals surface area contributed by atoms with Crippen LogP contribution in [0.4, 0.5) is 0 Å². The Bertz CT molecular complexity index is 697. The zero-order valence-corrected chi connectivity index (χ0v) is 14.0. The minimum atomic E-state index is -3.24. The summed E-state index contributed by atoms with van der Waals surface area (Å²) in [5.74, 6) is 0.493. The van der Waals surface area contributed by atoms with Crippen LogP contribution in [0.25, 0.3) is 0 Å². The molecule has 0 aliphatic carbocycles. The second-order valence-corrected chi connectivity index (χ2v) is 8.74. The van der Waals surface area contributed by atoms with Gasteiger partial charge in [-0.3, -0.25) is 0 Å². The van der Waals surface area contributed by atoms with Crippen LogP contribution < -0.4 is 10.5 Å². The average Bonchev–Trinajstić information content (AvgIpc) is 2.82. The Balaban J connectivity index is 2.24. The Kier molecular flexibility index (Phi) is 4.85. The van der Waals surface area contributed by atoms with Crippen LogP contribution in [0.2, 0.25) is 0 Å². The number of nitrogens with two attached hydrogens (primary N) is 1. The van der Waals surface area contributed by atoms with E-state index in [4.69, 9.17) is 10.5 Å². The van der Waals surface area contributed by atoms with E-state index in [0.29, 0.717) is 12.3 Å². The Morgan fingerprint density at radius 1 is 1.35 bits per heavy atom. The molecule has 7 heteroatoms. The quantitative estimate of drug-likeness (QED) is 0.871. The highest BCUT2D eigenvalue weighted by atomic mass is 79.9. The minimum Gasteiger partial charge on any atom is -0.484 e. The van der Waals surface area contributed by atoms with Gasteiger partial charge in [0.15, 0.2) is 9.84 Å². The fourth-order valence-corrected chi connectivity index (χ4v) is 3.79. The number of halogens is 1. The van der Waals surface area contributed by atoms with Gasteiger partial charge in [-0.25, -0.2) is 8.42 Å². The smallest absolute Gasteiger partial charge is 0.175 e. The molecule has 2 rings (SSSR count). The molecule has 1 heterocycles. The number of hydrogen-bond donors (Lipinski definition) is 1. The van der Waals surface area contributed by atoms with E-state index >= 15 is 0 Å². The number of rotatable bonds is 5. The van der Waals surface area contributed by atoms with Gasteiger partial charge in [0.25, 0.3) is 0 Å². The highest BCUT2D eigenvalue weighted by molar-refractivity contribution is 9.11. The standard InChI is InChI=1S/C13H14BrNO3S2/c1-20(16,17)10-4-2-3-9(7-10)18-11(8-15)12-5-6-13(14)19-12/h2-7,11H,8,15H2,1H3. The van der Waals surface area contributed by atoms with E-state index in [9.17, 15) is 8.42 Å². The maximum Gasteiger partial charge on any atom is 0.175 e. The van der Waals surface area contributed by atoms with Gasteiger partial charge in [-0.1, -0.05) is 6.07 Å². The molecule has 4 nitrogen and oxygen atoms in total. The fourth-order valence-electron chi connectivity index (χ4n) is 1.67. The van der Waals surface area contributed by atoms with Crippen LogP contribution in [0.5, 0.6) is 5.75 Å². The van der Waals surface area contributed by atoms with Crippen molar-refractivity contribution in [2.75, 3.05) is 12.8 Å². The molecule has 2 N–H and O–H groups in total. The molecular weight excluding hydrogens is 362 g/mol. The molecule has 1 unspecified atom stereocenters. The van der Waals surface area contributed by atoms with Crippen molar-refractivity contribution in [1.29, 1.82) is 0 Å². The molecule has 1 atom stereocenters. The van der Waals surface area contributed by atoms with E-state index in [-0.39, 0.29) is 11.0 Å². The minimum absolute atomic E-state index is 0.234.